The van der Waals surface area contributed by atoms with Gasteiger partial charge in [0.25, 0.3) is 0 Å². The number of halogens is 2. The molecule has 0 bridgehead atoms. The van der Waals surface area contributed by atoms with Gasteiger partial charge in [-0.25, -0.2) is 17.2 Å². The summed E-state index contributed by atoms with van der Waals surface area (Å²) >= 11 is 0. The molecule has 0 aromatic heterocycles. The van der Waals surface area contributed by atoms with Crippen molar-refractivity contribution in [2.75, 3.05) is 29.0 Å². The topological polar surface area (TPSA) is 75.7 Å². The van der Waals surface area contributed by atoms with Crippen LogP contribution in [0.2, 0.25) is 0 Å². The molecule has 28 heavy (non-hydrogen) atoms. The number of carbonyl (C=O) groups excluding carboxylic acids is 1. The molecule has 0 saturated heterocycles. The van der Waals surface area contributed by atoms with E-state index in [4.69, 9.17) is 4.74 Å². The van der Waals surface area contributed by atoms with E-state index in [0.29, 0.717) is 18.0 Å². The van der Waals surface area contributed by atoms with Crippen molar-refractivity contribution in [3.05, 3.63) is 54.1 Å². The zero-order chi connectivity index (χ0) is 20.7. The molecule has 1 N–H and O–H groups in total. The first kappa shape index (κ1) is 21.6. The molecule has 2 aromatic carbocycles. The molecule has 0 atom stereocenters. The summed E-state index contributed by atoms with van der Waals surface area (Å²) in [5, 5.41) is 2.71. The average Bonchev–Trinajstić information content (AvgIpc) is 2.62. The molecule has 0 fully saturated rings. The Hall–Kier alpha value is -2.68. The van der Waals surface area contributed by atoms with Crippen LogP contribution in [-0.4, -0.2) is 33.7 Å². The second-order valence-corrected chi connectivity index (χ2v) is 7.95. The van der Waals surface area contributed by atoms with E-state index in [2.05, 4.69) is 5.32 Å². The lowest BCUT2D eigenvalue weighted by molar-refractivity contribution is -0.116. The maximum absolute atomic E-state index is 13.4. The van der Waals surface area contributed by atoms with E-state index in [1.807, 2.05) is 6.92 Å². The van der Waals surface area contributed by atoms with Crippen LogP contribution in [0.1, 0.15) is 19.8 Å². The molecule has 9 heteroatoms. The van der Waals surface area contributed by atoms with Crippen LogP contribution in [0.15, 0.2) is 42.5 Å². The summed E-state index contributed by atoms with van der Waals surface area (Å²) in [6, 6.07) is 9.72. The number of ether oxygens (including phenoxy) is 1. The molecule has 0 unspecified atom stereocenters. The van der Waals surface area contributed by atoms with Crippen molar-refractivity contribution in [3.8, 4) is 5.75 Å². The summed E-state index contributed by atoms with van der Waals surface area (Å²) in [6.07, 6.45) is 1.23. The first-order valence-corrected chi connectivity index (χ1v) is 10.5. The van der Waals surface area contributed by atoms with Crippen LogP contribution in [-0.2, 0) is 14.8 Å². The van der Waals surface area contributed by atoms with Crippen molar-refractivity contribution in [2.24, 2.45) is 0 Å². The fraction of sp³-hybridized carbons (Fsp3) is 0.316. The molecule has 1 amide bonds. The van der Waals surface area contributed by atoms with E-state index in [0.717, 1.165) is 22.7 Å². The third-order valence-corrected chi connectivity index (χ3v) is 5.00. The maximum Gasteiger partial charge on any atom is 0.232 e. The van der Waals surface area contributed by atoms with Crippen LogP contribution in [0.5, 0.6) is 5.75 Å². The number of carbonyl (C=O) groups is 1. The summed E-state index contributed by atoms with van der Waals surface area (Å²) in [5.74, 6) is -1.80. The first-order chi connectivity index (χ1) is 13.2. The fourth-order valence-electron chi connectivity index (χ4n) is 2.53. The molecule has 6 nitrogen and oxygen atoms in total. The molecule has 152 valence electrons. The lowest BCUT2D eigenvalue weighted by Gasteiger charge is -2.22. The molecule has 0 aliphatic heterocycles. The monoisotopic (exact) mass is 412 g/mol. The highest BCUT2D eigenvalue weighted by Crippen LogP contribution is 2.21. The predicted molar refractivity (Wildman–Crippen MR) is 104 cm³/mol. The van der Waals surface area contributed by atoms with Gasteiger partial charge >= 0.3 is 0 Å². The molecule has 0 saturated carbocycles. The van der Waals surface area contributed by atoms with Crippen LogP contribution in [0, 0.1) is 11.6 Å². The van der Waals surface area contributed by atoms with Crippen molar-refractivity contribution in [1.29, 1.82) is 0 Å². The minimum absolute atomic E-state index is 0.00770. The van der Waals surface area contributed by atoms with E-state index in [1.54, 1.807) is 24.3 Å². The predicted octanol–water partition coefficient (Wildman–Crippen LogP) is 3.55. The quantitative estimate of drug-likeness (QED) is 0.684. The Balaban J connectivity index is 1.94. The standard InChI is InChI=1S/C19H22F2N2O4S/c1-3-27-16-9-6-14(7-10-16)22-19(24)5-4-12-23(28(2,25)26)15-8-11-17(20)18(21)13-15/h6-11,13H,3-5,12H2,1-2H3,(H,22,24). The van der Waals surface area contributed by atoms with Gasteiger partial charge in [-0.2, -0.15) is 0 Å². The molecular weight excluding hydrogens is 390 g/mol. The summed E-state index contributed by atoms with van der Waals surface area (Å²) in [4.78, 5) is 12.1. The SMILES string of the molecule is CCOc1ccc(NC(=O)CCCN(c2ccc(F)c(F)c2)S(C)(=O)=O)cc1. The second kappa shape index (κ2) is 9.50. The van der Waals surface area contributed by atoms with Crippen molar-refractivity contribution in [2.45, 2.75) is 19.8 Å². The highest BCUT2D eigenvalue weighted by Gasteiger charge is 2.19. The van der Waals surface area contributed by atoms with Gasteiger partial charge in [0.2, 0.25) is 15.9 Å². The summed E-state index contributed by atoms with van der Waals surface area (Å²) in [5.41, 5.74) is 0.599. The van der Waals surface area contributed by atoms with Gasteiger partial charge in [0.05, 0.1) is 18.6 Å². The van der Waals surface area contributed by atoms with Crippen LogP contribution in [0.25, 0.3) is 0 Å². The number of nitrogens with one attached hydrogen (secondary N) is 1. The molecule has 0 aliphatic carbocycles. The molecule has 0 heterocycles. The van der Waals surface area contributed by atoms with E-state index >= 15 is 0 Å². The maximum atomic E-state index is 13.4. The van der Waals surface area contributed by atoms with Gasteiger partial charge < -0.3 is 10.1 Å². The average molecular weight is 412 g/mol. The third kappa shape index (κ3) is 6.19. The summed E-state index contributed by atoms with van der Waals surface area (Å²) in [6.45, 7) is 2.37. The number of hydrogen-bond donors (Lipinski definition) is 1. The summed E-state index contributed by atoms with van der Waals surface area (Å²) in [7, 11) is -3.72. The van der Waals surface area contributed by atoms with Crippen LogP contribution >= 0.6 is 0 Å². The van der Waals surface area contributed by atoms with Gasteiger partial charge in [-0.1, -0.05) is 0 Å². The molecule has 0 spiro atoms. The highest BCUT2D eigenvalue weighted by atomic mass is 32.2. The number of hydrogen-bond acceptors (Lipinski definition) is 4. The van der Waals surface area contributed by atoms with E-state index < -0.39 is 21.7 Å². The van der Waals surface area contributed by atoms with Crippen molar-refractivity contribution in [3.63, 3.8) is 0 Å². The van der Waals surface area contributed by atoms with E-state index in [-0.39, 0.29) is 31.0 Å². The summed E-state index contributed by atoms with van der Waals surface area (Å²) < 4.78 is 56.7. The molecule has 2 aromatic rings. The van der Waals surface area contributed by atoms with Crippen LogP contribution in [0.3, 0.4) is 0 Å². The lowest BCUT2D eigenvalue weighted by atomic mass is 10.2. The van der Waals surface area contributed by atoms with Crippen molar-refractivity contribution >= 4 is 27.3 Å². The minimum Gasteiger partial charge on any atom is -0.494 e. The van der Waals surface area contributed by atoms with Gasteiger partial charge in [-0.05, 0) is 49.7 Å². The largest absolute Gasteiger partial charge is 0.494 e. The number of anilines is 2. The molecule has 2 rings (SSSR count). The Bertz CT molecular complexity index is 918. The fourth-order valence-corrected chi connectivity index (χ4v) is 3.49. The van der Waals surface area contributed by atoms with Gasteiger partial charge in [0.1, 0.15) is 5.75 Å². The lowest BCUT2D eigenvalue weighted by Crippen LogP contribution is -2.31. The first-order valence-electron chi connectivity index (χ1n) is 8.66. The van der Waals surface area contributed by atoms with Crippen LogP contribution in [0.4, 0.5) is 20.2 Å². The highest BCUT2D eigenvalue weighted by molar-refractivity contribution is 7.92. The Morgan fingerprint density at radius 3 is 2.36 bits per heavy atom. The van der Waals surface area contributed by atoms with E-state index in [1.165, 1.54) is 6.07 Å². The number of sulfonamides is 1. The Morgan fingerprint density at radius 1 is 1.11 bits per heavy atom. The minimum atomic E-state index is -3.72. The number of rotatable bonds is 9. The van der Waals surface area contributed by atoms with E-state index in [9.17, 15) is 22.0 Å². The van der Waals surface area contributed by atoms with Gasteiger partial charge in [-0.3, -0.25) is 9.10 Å². The van der Waals surface area contributed by atoms with Crippen molar-refractivity contribution < 1.29 is 26.7 Å². The number of amides is 1. The molecule has 0 aliphatic rings. The normalized spacial score (nSPS) is 11.1. The van der Waals surface area contributed by atoms with Gasteiger partial charge in [0, 0.05) is 24.7 Å². The smallest absolute Gasteiger partial charge is 0.232 e. The molecule has 0 radical (unpaired) electrons. The molecular formula is C19H22F2N2O4S. The second-order valence-electron chi connectivity index (χ2n) is 6.04. The van der Waals surface area contributed by atoms with Gasteiger partial charge in [0.15, 0.2) is 11.6 Å². The number of benzene rings is 2. The Labute approximate surface area is 163 Å². The zero-order valence-electron chi connectivity index (χ0n) is 15.6. The van der Waals surface area contributed by atoms with Crippen LogP contribution < -0.4 is 14.4 Å². The zero-order valence-corrected chi connectivity index (χ0v) is 16.4. The Morgan fingerprint density at radius 2 is 1.79 bits per heavy atom. The third-order valence-electron chi connectivity index (χ3n) is 3.81. The van der Waals surface area contributed by atoms with Crippen molar-refractivity contribution in [1.82, 2.24) is 0 Å². The van der Waals surface area contributed by atoms with Gasteiger partial charge in [-0.15, -0.1) is 0 Å². The number of nitrogens with zero attached hydrogens (tertiary/aromatic N) is 1. The Kier molecular flexibility index (Phi) is 7.33.